The molecule has 0 aliphatic rings. The predicted molar refractivity (Wildman–Crippen MR) is 115 cm³/mol. The molecule has 3 aromatic rings. The van der Waals surface area contributed by atoms with Crippen molar-refractivity contribution in [1.82, 2.24) is 15.0 Å². The molecule has 0 radical (unpaired) electrons. The van der Waals surface area contributed by atoms with Crippen molar-refractivity contribution in [3.05, 3.63) is 53.6 Å². The Balaban J connectivity index is 1.95. The van der Waals surface area contributed by atoms with Gasteiger partial charge >= 0.3 is 0 Å². The Labute approximate surface area is 173 Å². The highest BCUT2D eigenvalue weighted by Crippen LogP contribution is 2.30. The second kappa shape index (κ2) is 9.81. The monoisotopic (exact) mass is 413 g/mol. The van der Waals surface area contributed by atoms with Crippen LogP contribution in [0.2, 0.25) is 5.15 Å². The maximum atomic E-state index is 6.15. The van der Waals surface area contributed by atoms with Gasteiger partial charge in [-0.05, 0) is 23.8 Å². The number of nitrogens with zero attached hydrogens (tertiary/aromatic N) is 3. The van der Waals surface area contributed by atoms with Crippen LogP contribution in [0, 0.1) is 0 Å². The minimum absolute atomic E-state index is 0.320. The number of allylic oxidation sites excluding steroid dienone is 1. The highest BCUT2D eigenvalue weighted by Gasteiger charge is 2.11. The van der Waals surface area contributed by atoms with E-state index in [1.54, 1.807) is 25.6 Å². The smallest absolute Gasteiger partial charge is 0.227 e. The Kier molecular flexibility index (Phi) is 6.94. The molecular weight excluding hydrogens is 392 g/mol. The van der Waals surface area contributed by atoms with E-state index in [-0.39, 0.29) is 0 Å². The SMILES string of the molecule is C[NH+]=CC(=CN)c1ccc(Nc2ncc3ccnc(Cl)c3n2)c(OCCOC)c1. The number of halogens is 1. The first-order valence-corrected chi connectivity index (χ1v) is 9.27. The van der Waals surface area contributed by atoms with Crippen LogP contribution < -0.4 is 20.8 Å². The van der Waals surface area contributed by atoms with Crippen LogP contribution in [0.25, 0.3) is 16.5 Å². The molecule has 0 saturated heterocycles. The number of rotatable bonds is 8. The van der Waals surface area contributed by atoms with Gasteiger partial charge in [0.2, 0.25) is 5.95 Å². The summed E-state index contributed by atoms with van der Waals surface area (Å²) < 4.78 is 11.0. The van der Waals surface area contributed by atoms with Crippen molar-refractivity contribution >= 4 is 45.9 Å². The Hall–Kier alpha value is -3.23. The maximum Gasteiger partial charge on any atom is 0.227 e. The number of anilines is 2. The van der Waals surface area contributed by atoms with E-state index in [2.05, 4.69) is 25.3 Å². The third kappa shape index (κ3) is 4.98. The minimum Gasteiger partial charge on any atom is -0.489 e. The molecule has 0 unspecified atom stereocenters. The lowest BCUT2D eigenvalue weighted by Gasteiger charge is -2.14. The lowest BCUT2D eigenvalue weighted by Crippen LogP contribution is -2.63. The number of ether oxygens (including phenoxy) is 2. The minimum atomic E-state index is 0.320. The zero-order chi connectivity index (χ0) is 20.6. The summed E-state index contributed by atoms with van der Waals surface area (Å²) in [6, 6.07) is 7.49. The fourth-order valence-corrected chi connectivity index (χ4v) is 2.85. The van der Waals surface area contributed by atoms with Gasteiger partial charge in [-0.3, -0.25) is 4.99 Å². The number of hydrogen-bond acceptors (Lipinski definition) is 7. The lowest BCUT2D eigenvalue weighted by molar-refractivity contribution is -0.412. The molecule has 9 heteroatoms. The molecule has 8 nitrogen and oxygen atoms in total. The van der Waals surface area contributed by atoms with E-state index >= 15 is 0 Å². The summed E-state index contributed by atoms with van der Waals surface area (Å²) in [6.45, 7) is 0.847. The fourth-order valence-electron chi connectivity index (χ4n) is 2.65. The topological polar surface area (TPSA) is 109 Å². The second-order valence-electron chi connectivity index (χ2n) is 5.97. The molecule has 0 spiro atoms. The van der Waals surface area contributed by atoms with Crippen LogP contribution in [-0.4, -0.2) is 48.5 Å². The second-order valence-corrected chi connectivity index (χ2v) is 6.32. The average molecular weight is 414 g/mol. The molecule has 0 aliphatic heterocycles. The first kappa shape index (κ1) is 20.5. The van der Waals surface area contributed by atoms with Gasteiger partial charge in [-0.15, -0.1) is 0 Å². The fraction of sp³-hybridized carbons (Fsp3) is 0.200. The van der Waals surface area contributed by atoms with Crippen LogP contribution in [-0.2, 0) is 4.74 Å². The van der Waals surface area contributed by atoms with Gasteiger partial charge in [-0.1, -0.05) is 17.7 Å². The van der Waals surface area contributed by atoms with Crippen LogP contribution >= 0.6 is 11.6 Å². The summed E-state index contributed by atoms with van der Waals surface area (Å²) in [5, 5.41) is 4.31. The molecule has 0 fully saturated rings. The first-order chi connectivity index (χ1) is 14.2. The number of methoxy groups -OCH3 is 1. The van der Waals surface area contributed by atoms with Gasteiger partial charge in [0.15, 0.2) is 11.4 Å². The predicted octanol–water partition coefficient (Wildman–Crippen LogP) is 1.53. The highest BCUT2D eigenvalue weighted by molar-refractivity contribution is 6.33. The van der Waals surface area contributed by atoms with Crippen LogP contribution in [0.15, 0.2) is 42.9 Å². The van der Waals surface area contributed by atoms with Crippen LogP contribution in [0.5, 0.6) is 5.75 Å². The van der Waals surface area contributed by atoms with E-state index in [9.17, 15) is 0 Å². The molecule has 150 valence electrons. The maximum absolute atomic E-state index is 6.15. The zero-order valence-corrected chi connectivity index (χ0v) is 16.9. The van der Waals surface area contributed by atoms with Crippen LogP contribution in [0.3, 0.4) is 0 Å². The van der Waals surface area contributed by atoms with Gasteiger partial charge < -0.3 is 20.5 Å². The van der Waals surface area contributed by atoms with Gasteiger partial charge in [0.05, 0.1) is 17.9 Å². The molecule has 29 heavy (non-hydrogen) atoms. The van der Waals surface area contributed by atoms with E-state index < -0.39 is 0 Å². The Morgan fingerprint density at radius 2 is 2.14 bits per heavy atom. The Morgan fingerprint density at radius 3 is 2.90 bits per heavy atom. The number of nitrogens with one attached hydrogen (secondary N) is 2. The van der Waals surface area contributed by atoms with Crippen molar-refractivity contribution < 1.29 is 14.5 Å². The number of nitrogens with two attached hydrogens (primary N) is 1. The number of hydrogen-bond donors (Lipinski definition) is 3. The molecule has 0 amide bonds. The third-order valence-electron chi connectivity index (χ3n) is 4.04. The van der Waals surface area contributed by atoms with Gasteiger partial charge in [-0.25, -0.2) is 15.0 Å². The summed E-state index contributed by atoms with van der Waals surface area (Å²) >= 11 is 6.15. The van der Waals surface area contributed by atoms with Crippen LogP contribution in [0.1, 0.15) is 5.56 Å². The highest BCUT2D eigenvalue weighted by atomic mass is 35.5. The first-order valence-electron chi connectivity index (χ1n) is 8.89. The summed E-state index contributed by atoms with van der Waals surface area (Å²) in [5.74, 6) is 0.998. The Bertz CT molecular complexity index is 1050. The van der Waals surface area contributed by atoms with Crippen molar-refractivity contribution in [3.63, 3.8) is 0 Å². The van der Waals surface area contributed by atoms with Crippen molar-refractivity contribution in [1.29, 1.82) is 0 Å². The zero-order valence-electron chi connectivity index (χ0n) is 16.1. The normalized spacial score (nSPS) is 11.9. The standard InChI is InChI=1S/C20H21ClN6O2/c1-23-11-15(10-22)13-3-4-16(17(9-13)29-8-7-28-2)26-20-25-12-14-5-6-24-19(21)18(14)27-20/h3-6,9-12H,7-8,22H2,1-2H3,(H,25,26,27)/p+1. The largest absolute Gasteiger partial charge is 0.489 e. The van der Waals surface area contributed by atoms with Gasteiger partial charge in [-0.2, -0.15) is 0 Å². The van der Waals surface area contributed by atoms with Crippen molar-refractivity contribution in [2.45, 2.75) is 0 Å². The van der Waals surface area contributed by atoms with E-state index in [1.807, 2.05) is 31.5 Å². The number of fused-ring (bicyclic) bond motifs is 1. The summed E-state index contributed by atoms with van der Waals surface area (Å²) in [4.78, 5) is 15.9. The molecule has 4 N–H and O–H groups in total. The van der Waals surface area contributed by atoms with E-state index in [0.29, 0.717) is 41.3 Å². The molecule has 0 atom stereocenters. The lowest BCUT2D eigenvalue weighted by atomic mass is 10.1. The molecule has 0 bridgehead atoms. The van der Waals surface area contributed by atoms with E-state index in [4.69, 9.17) is 26.8 Å². The molecule has 0 saturated carbocycles. The van der Waals surface area contributed by atoms with E-state index in [0.717, 1.165) is 16.5 Å². The molecule has 0 aliphatic carbocycles. The summed E-state index contributed by atoms with van der Waals surface area (Å²) in [6.07, 6.45) is 6.64. The average Bonchev–Trinajstić information content (AvgIpc) is 2.74. The van der Waals surface area contributed by atoms with Gasteiger partial charge in [0.1, 0.15) is 24.9 Å². The van der Waals surface area contributed by atoms with Gasteiger partial charge in [0.25, 0.3) is 0 Å². The van der Waals surface area contributed by atoms with Crippen LogP contribution in [0.4, 0.5) is 11.6 Å². The third-order valence-corrected chi connectivity index (χ3v) is 4.32. The summed E-state index contributed by atoms with van der Waals surface area (Å²) in [7, 11) is 3.43. The Morgan fingerprint density at radius 1 is 1.28 bits per heavy atom. The molecule has 2 heterocycles. The van der Waals surface area contributed by atoms with Gasteiger partial charge in [0, 0.05) is 31.1 Å². The summed E-state index contributed by atoms with van der Waals surface area (Å²) in [5.41, 5.74) is 8.74. The van der Waals surface area contributed by atoms with E-state index in [1.165, 1.54) is 6.20 Å². The molecular formula is C20H22ClN6O2+. The molecule has 3 rings (SSSR count). The quantitative estimate of drug-likeness (QED) is 0.292. The number of benzene rings is 1. The number of aromatic nitrogens is 3. The van der Waals surface area contributed by atoms with Crippen molar-refractivity contribution in [2.24, 2.45) is 5.73 Å². The molecule has 1 aromatic carbocycles. The molecule has 2 aromatic heterocycles. The van der Waals surface area contributed by atoms with Crippen molar-refractivity contribution in [3.8, 4) is 5.75 Å². The number of pyridine rings is 1. The van der Waals surface area contributed by atoms with Crippen molar-refractivity contribution in [2.75, 3.05) is 32.7 Å².